The van der Waals surface area contributed by atoms with Crippen LogP contribution in [0.15, 0.2) is 60.7 Å². The topological polar surface area (TPSA) is 148 Å². The number of anilines is 1. The van der Waals surface area contributed by atoms with Gasteiger partial charge in [-0.3, -0.25) is 14.9 Å². The molecule has 11 heteroatoms. The molecule has 0 atom stereocenters. The third-order valence-corrected chi connectivity index (χ3v) is 7.08. The number of hydrogen-bond acceptors (Lipinski definition) is 6. The molecule has 2 aliphatic carbocycles. The van der Waals surface area contributed by atoms with Crippen molar-refractivity contribution in [3.8, 4) is 0 Å². The summed E-state index contributed by atoms with van der Waals surface area (Å²) in [7, 11) is -1.34. The number of benzene rings is 2. The van der Waals surface area contributed by atoms with E-state index >= 15 is 0 Å². The first-order valence-electron chi connectivity index (χ1n) is 12.3. The number of para-hydroxylation sites is 1. The minimum Gasteiger partial charge on any atom is -0.423 e. The fourth-order valence-electron chi connectivity index (χ4n) is 5.41. The number of nitrogens with one attached hydrogen (secondary N) is 3. The van der Waals surface area contributed by atoms with Crippen LogP contribution in [0.25, 0.3) is 0 Å². The number of carbonyl (C=O) groups is 4. The summed E-state index contributed by atoms with van der Waals surface area (Å²) >= 11 is 0. The van der Waals surface area contributed by atoms with Gasteiger partial charge in [0.2, 0.25) is 0 Å². The zero-order chi connectivity index (χ0) is 26.8. The lowest BCUT2D eigenvalue weighted by Crippen LogP contribution is -2.56. The normalized spacial score (nSPS) is 29.1. The van der Waals surface area contributed by atoms with Crippen LogP contribution in [0.5, 0.6) is 0 Å². The molecule has 194 valence electrons. The Labute approximate surface area is 215 Å². The number of amides is 6. The smallest absolute Gasteiger partial charge is 0.423 e. The molecule has 4 fully saturated rings. The first kappa shape index (κ1) is 26.4. The molecule has 2 heterocycles. The van der Waals surface area contributed by atoms with Crippen molar-refractivity contribution in [2.24, 2.45) is 11.8 Å². The van der Waals surface area contributed by atoms with Gasteiger partial charge in [-0.2, -0.15) is 0 Å². The Morgan fingerprint density at radius 1 is 0.784 bits per heavy atom. The minimum atomic E-state index is -1.34. The molecule has 2 spiro atoms. The van der Waals surface area contributed by atoms with E-state index in [9.17, 15) is 19.2 Å². The van der Waals surface area contributed by atoms with E-state index in [0.717, 1.165) is 25.7 Å². The first-order chi connectivity index (χ1) is 17.5. The van der Waals surface area contributed by atoms with E-state index in [1.54, 1.807) is 36.4 Å². The fraction of sp³-hybridized carbons (Fsp3) is 0.385. The van der Waals surface area contributed by atoms with Crippen LogP contribution in [0.3, 0.4) is 0 Å². The average molecular weight is 506 g/mol. The third kappa shape index (κ3) is 5.37. The summed E-state index contributed by atoms with van der Waals surface area (Å²) in [6.07, 6.45) is 3.07. The summed E-state index contributed by atoms with van der Waals surface area (Å²) in [6.45, 7) is 4.17. The second-order valence-corrected chi connectivity index (χ2v) is 10.3. The summed E-state index contributed by atoms with van der Waals surface area (Å²) in [5, 5.41) is 24.9. The van der Waals surface area contributed by atoms with Gasteiger partial charge < -0.3 is 20.7 Å². The van der Waals surface area contributed by atoms with Gasteiger partial charge in [-0.25, -0.2) is 14.5 Å². The molecule has 37 heavy (non-hydrogen) atoms. The molecule has 2 aromatic rings. The van der Waals surface area contributed by atoms with Gasteiger partial charge in [0.1, 0.15) is 11.1 Å². The van der Waals surface area contributed by atoms with E-state index in [1.807, 2.05) is 24.3 Å². The third-order valence-electron chi connectivity index (χ3n) is 7.08. The van der Waals surface area contributed by atoms with Gasteiger partial charge in [0.15, 0.2) is 0 Å². The quantitative estimate of drug-likeness (QED) is 0.306. The largest absolute Gasteiger partial charge is 0.488 e. The van der Waals surface area contributed by atoms with E-state index in [-0.39, 0.29) is 23.9 Å². The van der Waals surface area contributed by atoms with Crippen molar-refractivity contribution >= 4 is 42.1 Å². The molecule has 2 saturated heterocycles. The van der Waals surface area contributed by atoms with Crippen molar-refractivity contribution in [1.82, 2.24) is 16.0 Å². The summed E-state index contributed by atoms with van der Waals surface area (Å²) in [4.78, 5) is 47.3. The molecule has 0 unspecified atom stereocenters. The molecule has 2 saturated carbocycles. The van der Waals surface area contributed by atoms with Gasteiger partial charge >= 0.3 is 19.2 Å². The Morgan fingerprint density at radius 3 is 1.73 bits per heavy atom. The molecule has 4 aliphatic rings. The molecule has 10 nitrogen and oxygen atoms in total. The average Bonchev–Trinajstić information content (AvgIpc) is 3.27. The van der Waals surface area contributed by atoms with Crippen molar-refractivity contribution in [3.63, 3.8) is 0 Å². The highest BCUT2D eigenvalue weighted by Crippen LogP contribution is 2.42. The maximum Gasteiger partial charge on any atom is 0.488 e. The Bertz CT molecular complexity index is 1160. The van der Waals surface area contributed by atoms with Crippen LogP contribution in [0.4, 0.5) is 15.3 Å². The van der Waals surface area contributed by atoms with Crippen LogP contribution < -0.4 is 26.3 Å². The lowest BCUT2D eigenvalue weighted by atomic mass is 9.69. The zero-order valence-corrected chi connectivity index (χ0v) is 20.8. The minimum absolute atomic E-state index is 0.105. The number of nitrogens with zero attached hydrogens (tertiary/aromatic N) is 1. The molecule has 6 amide bonds. The van der Waals surface area contributed by atoms with Gasteiger partial charge in [0.25, 0.3) is 11.8 Å². The Kier molecular flexibility index (Phi) is 7.38. The van der Waals surface area contributed by atoms with Gasteiger partial charge in [0.05, 0.1) is 5.69 Å². The van der Waals surface area contributed by atoms with E-state index in [2.05, 4.69) is 29.8 Å². The highest BCUT2D eigenvalue weighted by molar-refractivity contribution is 6.58. The Morgan fingerprint density at radius 2 is 1.30 bits per heavy atom. The van der Waals surface area contributed by atoms with Crippen molar-refractivity contribution in [2.45, 2.75) is 50.6 Å². The predicted molar refractivity (Wildman–Crippen MR) is 138 cm³/mol. The van der Waals surface area contributed by atoms with Crippen LogP contribution in [0.2, 0.25) is 0 Å². The first-order valence-corrected chi connectivity index (χ1v) is 12.3. The Balaban J connectivity index is 0.000000139. The van der Waals surface area contributed by atoms with Gasteiger partial charge in [0, 0.05) is 0 Å². The molecule has 2 aliphatic heterocycles. The summed E-state index contributed by atoms with van der Waals surface area (Å²) < 4.78 is 0. The molecule has 0 radical (unpaired) electrons. The molecule has 2 aromatic carbocycles. The van der Waals surface area contributed by atoms with Gasteiger partial charge in [-0.1, -0.05) is 62.4 Å². The highest BCUT2D eigenvalue weighted by atomic mass is 16.4. The summed E-state index contributed by atoms with van der Waals surface area (Å²) in [6, 6.07) is 17.1. The lowest BCUT2D eigenvalue weighted by Gasteiger charge is -2.40. The highest BCUT2D eigenvalue weighted by Gasteiger charge is 2.57. The van der Waals surface area contributed by atoms with Crippen molar-refractivity contribution in [2.75, 3.05) is 4.90 Å². The predicted octanol–water partition coefficient (Wildman–Crippen LogP) is 1.27. The number of rotatable bonds is 2. The number of hydrogen-bond donors (Lipinski definition) is 5. The van der Waals surface area contributed by atoms with Crippen LogP contribution in [-0.2, 0) is 9.59 Å². The van der Waals surface area contributed by atoms with Crippen LogP contribution >= 0.6 is 0 Å². The molecule has 6 rings (SSSR count). The SMILES string of the molecule is CC1CC2(C1)NC(=O)N(c1ccccc1)C2=O.CC1CC2(C1)NC(=O)NC2=O.OB(O)c1ccccc1. The monoisotopic (exact) mass is 506 g/mol. The van der Waals surface area contributed by atoms with Gasteiger partial charge in [-0.05, 0) is 55.1 Å². The van der Waals surface area contributed by atoms with Crippen LogP contribution in [0, 0.1) is 11.8 Å². The molecule has 0 aromatic heterocycles. The van der Waals surface area contributed by atoms with E-state index < -0.39 is 18.2 Å². The van der Waals surface area contributed by atoms with E-state index in [1.165, 1.54) is 4.90 Å². The van der Waals surface area contributed by atoms with Gasteiger partial charge in [-0.15, -0.1) is 0 Å². The maximum absolute atomic E-state index is 12.3. The Hall–Kier alpha value is -3.70. The van der Waals surface area contributed by atoms with E-state index in [4.69, 9.17) is 10.0 Å². The second kappa shape index (κ2) is 10.4. The summed E-state index contributed by atoms with van der Waals surface area (Å²) in [5.74, 6) is 0.807. The van der Waals surface area contributed by atoms with E-state index in [0.29, 0.717) is 23.0 Å². The standard InChI is InChI=1S/C13H14N2O2.C7H10N2O2.C6H7BO2/c1-9-7-13(8-9)11(16)15(12(17)14-13)10-5-3-2-4-6-10;1-4-2-7(3-4)5(10)8-6(11)9-7;8-7(9)6-4-2-1-3-5-6/h2-6,9H,7-8H2,1H3,(H,14,17);4H,2-3H2,1H3,(H2,8,9,10,11);1-5,8-9H. The fourth-order valence-corrected chi connectivity index (χ4v) is 5.41. The molecule has 0 bridgehead atoms. The van der Waals surface area contributed by atoms with Crippen molar-refractivity contribution < 1.29 is 29.2 Å². The second-order valence-electron chi connectivity index (χ2n) is 10.3. The van der Waals surface area contributed by atoms with Crippen molar-refractivity contribution in [3.05, 3.63) is 60.7 Å². The zero-order valence-electron chi connectivity index (χ0n) is 20.8. The number of carbonyl (C=O) groups excluding carboxylic acids is 4. The molecular formula is C26H31BN4O6. The van der Waals surface area contributed by atoms with Crippen LogP contribution in [0.1, 0.15) is 39.5 Å². The maximum atomic E-state index is 12.3. The molecule has 5 N–H and O–H groups in total. The molecular weight excluding hydrogens is 475 g/mol. The lowest BCUT2D eigenvalue weighted by molar-refractivity contribution is -0.128. The van der Waals surface area contributed by atoms with Crippen LogP contribution in [-0.4, -0.2) is 52.1 Å². The number of urea groups is 2. The summed E-state index contributed by atoms with van der Waals surface area (Å²) in [5.41, 5.74) is 0.0203. The number of imide groups is 2. The van der Waals surface area contributed by atoms with Crippen molar-refractivity contribution in [1.29, 1.82) is 0 Å².